The molecule has 1 aliphatic rings. The van der Waals surface area contributed by atoms with E-state index in [-0.39, 0.29) is 5.91 Å². The Bertz CT molecular complexity index is 738. The summed E-state index contributed by atoms with van der Waals surface area (Å²) in [5, 5.41) is 3.01. The van der Waals surface area contributed by atoms with Crippen LogP contribution < -0.4 is 10.2 Å². The minimum atomic E-state index is 0.0252. The van der Waals surface area contributed by atoms with Crippen molar-refractivity contribution in [2.75, 3.05) is 36.9 Å². The van der Waals surface area contributed by atoms with Gasteiger partial charge in [0.15, 0.2) is 0 Å². The van der Waals surface area contributed by atoms with Crippen molar-refractivity contribution in [1.82, 2.24) is 4.90 Å². The number of hydrogen-bond donors (Lipinski definition) is 1. The summed E-state index contributed by atoms with van der Waals surface area (Å²) in [6.07, 6.45) is 3.86. The molecule has 1 saturated heterocycles. The Balaban J connectivity index is 1.60. The highest BCUT2D eigenvalue weighted by molar-refractivity contribution is 5.92. The van der Waals surface area contributed by atoms with Gasteiger partial charge < -0.3 is 10.2 Å². The van der Waals surface area contributed by atoms with Crippen molar-refractivity contribution in [1.29, 1.82) is 0 Å². The number of nitrogens with zero attached hydrogens (tertiary/aromatic N) is 2. The number of aryl methyl sites for hydroxylation is 1. The molecule has 2 aromatic carbocycles. The van der Waals surface area contributed by atoms with Gasteiger partial charge in [-0.2, -0.15) is 0 Å². The Morgan fingerprint density at radius 1 is 1.04 bits per heavy atom. The average molecular weight is 351 g/mol. The fourth-order valence-corrected chi connectivity index (χ4v) is 3.58. The molecule has 0 spiro atoms. The smallest absolute Gasteiger partial charge is 0.238 e. The molecule has 0 unspecified atom stereocenters. The number of hydrogen-bond acceptors (Lipinski definition) is 3. The summed E-state index contributed by atoms with van der Waals surface area (Å²) >= 11 is 0. The standard InChI is InChI=1S/C22H29N3O/c1-18-10-4-6-12-20(18)23-22(26)17-24(2)16-19-11-5-7-13-21(19)25-14-8-3-9-15-25/h4-7,10-13H,3,8-9,14-17H2,1-2H3,(H,23,26). The number of likely N-dealkylation sites (N-methyl/N-ethyl adjacent to an activating group) is 1. The monoisotopic (exact) mass is 351 g/mol. The largest absolute Gasteiger partial charge is 0.371 e. The number of carbonyl (C=O) groups is 1. The summed E-state index contributed by atoms with van der Waals surface area (Å²) in [5.74, 6) is 0.0252. The molecule has 0 radical (unpaired) electrons. The number of rotatable bonds is 6. The van der Waals surface area contributed by atoms with E-state index >= 15 is 0 Å². The number of nitrogens with one attached hydrogen (secondary N) is 1. The highest BCUT2D eigenvalue weighted by Crippen LogP contribution is 2.25. The SMILES string of the molecule is Cc1ccccc1NC(=O)CN(C)Cc1ccccc1N1CCCCC1. The molecule has 1 fully saturated rings. The van der Waals surface area contributed by atoms with Gasteiger partial charge in [-0.05, 0) is 56.5 Å². The molecule has 1 amide bonds. The molecule has 0 aromatic heterocycles. The van der Waals surface area contributed by atoms with Crippen LogP contribution in [0.15, 0.2) is 48.5 Å². The number of para-hydroxylation sites is 2. The van der Waals surface area contributed by atoms with Crippen LogP contribution >= 0.6 is 0 Å². The van der Waals surface area contributed by atoms with Crippen LogP contribution in [0.1, 0.15) is 30.4 Å². The van der Waals surface area contributed by atoms with Crippen molar-refractivity contribution in [3.63, 3.8) is 0 Å². The summed E-state index contributed by atoms with van der Waals surface area (Å²) < 4.78 is 0. The van der Waals surface area contributed by atoms with Crippen LogP contribution in [0.3, 0.4) is 0 Å². The third-order valence-corrected chi connectivity index (χ3v) is 4.96. The van der Waals surface area contributed by atoms with Crippen LogP contribution in [-0.4, -0.2) is 37.5 Å². The Kier molecular flexibility index (Phi) is 6.29. The van der Waals surface area contributed by atoms with E-state index in [9.17, 15) is 4.79 Å². The number of anilines is 2. The summed E-state index contributed by atoms with van der Waals surface area (Å²) in [7, 11) is 2.00. The lowest BCUT2D eigenvalue weighted by atomic mass is 10.1. The molecule has 0 aliphatic carbocycles. The maximum atomic E-state index is 12.4. The Morgan fingerprint density at radius 3 is 2.50 bits per heavy atom. The number of piperidine rings is 1. The van der Waals surface area contributed by atoms with Crippen LogP contribution in [0.25, 0.3) is 0 Å². The highest BCUT2D eigenvalue weighted by atomic mass is 16.2. The van der Waals surface area contributed by atoms with E-state index in [4.69, 9.17) is 0 Å². The number of carbonyl (C=O) groups excluding carboxylic acids is 1. The lowest BCUT2D eigenvalue weighted by Crippen LogP contribution is -2.33. The van der Waals surface area contributed by atoms with Gasteiger partial charge in [-0.15, -0.1) is 0 Å². The van der Waals surface area contributed by atoms with Gasteiger partial charge in [0.1, 0.15) is 0 Å². The second-order valence-corrected chi connectivity index (χ2v) is 7.21. The van der Waals surface area contributed by atoms with Crippen molar-refractivity contribution in [3.05, 3.63) is 59.7 Å². The lowest BCUT2D eigenvalue weighted by Gasteiger charge is -2.31. The van der Waals surface area contributed by atoms with E-state index in [1.165, 1.54) is 30.5 Å². The molecule has 1 heterocycles. The normalized spacial score (nSPS) is 14.5. The van der Waals surface area contributed by atoms with E-state index in [1.807, 2.05) is 38.2 Å². The predicted octanol–water partition coefficient (Wildman–Crippen LogP) is 4.06. The topological polar surface area (TPSA) is 35.6 Å². The van der Waals surface area contributed by atoms with Crippen molar-refractivity contribution >= 4 is 17.3 Å². The zero-order valence-corrected chi connectivity index (χ0v) is 15.9. The van der Waals surface area contributed by atoms with E-state index < -0.39 is 0 Å². The molecular formula is C22H29N3O. The molecule has 138 valence electrons. The molecular weight excluding hydrogens is 322 g/mol. The first-order valence-corrected chi connectivity index (χ1v) is 9.50. The molecule has 0 bridgehead atoms. The first-order chi connectivity index (χ1) is 12.6. The lowest BCUT2D eigenvalue weighted by molar-refractivity contribution is -0.117. The molecule has 2 aromatic rings. The summed E-state index contributed by atoms with van der Waals surface area (Å²) in [5.41, 5.74) is 4.58. The third-order valence-electron chi connectivity index (χ3n) is 4.96. The molecule has 4 heteroatoms. The zero-order chi connectivity index (χ0) is 18.4. The molecule has 26 heavy (non-hydrogen) atoms. The molecule has 1 aliphatic heterocycles. The van der Waals surface area contributed by atoms with Gasteiger partial charge >= 0.3 is 0 Å². The van der Waals surface area contributed by atoms with E-state index in [2.05, 4.69) is 39.4 Å². The average Bonchev–Trinajstić information content (AvgIpc) is 2.64. The minimum absolute atomic E-state index is 0.0252. The number of benzene rings is 2. The summed E-state index contributed by atoms with van der Waals surface area (Å²) in [6.45, 7) is 5.42. The molecule has 4 nitrogen and oxygen atoms in total. The van der Waals surface area contributed by atoms with E-state index in [0.717, 1.165) is 30.9 Å². The van der Waals surface area contributed by atoms with Crippen molar-refractivity contribution in [3.8, 4) is 0 Å². The molecule has 0 atom stereocenters. The van der Waals surface area contributed by atoms with Crippen LogP contribution in [-0.2, 0) is 11.3 Å². The first-order valence-electron chi connectivity index (χ1n) is 9.50. The Morgan fingerprint density at radius 2 is 1.73 bits per heavy atom. The van der Waals surface area contributed by atoms with Gasteiger partial charge in [0.25, 0.3) is 0 Å². The summed E-state index contributed by atoms with van der Waals surface area (Å²) in [4.78, 5) is 17.0. The van der Waals surface area contributed by atoms with Crippen LogP contribution in [0.5, 0.6) is 0 Å². The van der Waals surface area contributed by atoms with Crippen molar-refractivity contribution < 1.29 is 4.79 Å². The highest BCUT2D eigenvalue weighted by Gasteiger charge is 2.16. The van der Waals surface area contributed by atoms with E-state index in [0.29, 0.717) is 6.54 Å². The Hall–Kier alpha value is -2.33. The van der Waals surface area contributed by atoms with E-state index in [1.54, 1.807) is 0 Å². The molecule has 3 rings (SSSR count). The van der Waals surface area contributed by atoms with Crippen molar-refractivity contribution in [2.24, 2.45) is 0 Å². The van der Waals surface area contributed by atoms with Crippen LogP contribution in [0.4, 0.5) is 11.4 Å². The molecule has 0 saturated carbocycles. The van der Waals surface area contributed by atoms with Crippen LogP contribution in [0.2, 0.25) is 0 Å². The number of amides is 1. The predicted molar refractivity (Wildman–Crippen MR) is 109 cm³/mol. The Labute approximate surface area is 156 Å². The van der Waals surface area contributed by atoms with Gasteiger partial charge in [0, 0.05) is 31.0 Å². The molecule has 1 N–H and O–H groups in total. The fraction of sp³-hybridized carbons (Fsp3) is 0.409. The third kappa shape index (κ3) is 4.85. The van der Waals surface area contributed by atoms with Gasteiger partial charge in [-0.3, -0.25) is 9.69 Å². The quantitative estimate of drug-likeness (QED) is 0.853. The second-order valence-electron chi connectivity index (χ2n) is 7.21. The maximum Gasteiger partial charge on any atom is 0.238 e. The zero-order valence-electron chi connectivity index (χ0n) is 15.9. The maximum absolute atomic E-state index is 12.4. The van der Waals surface area contributed by atoms with Gasteiger partial charge in [0.05, 0.1) is 6.54 Å². The first kappa shape index (κ1) is 18.5. The van der Waals surface area contributed by atoms with Gasteiger partial charge in [-0.25, -0.2) is 0 Å². The minimum Gasteiger partial charge on any atom is -0.371 e. The van der Waals surface area contributed by atoms with Crippen molar-refractivity contribution in [2.45, 2.75) is 32.7 Å². The van der Waals surface area contributed by atoms with Crippen LogP contribution in [0, 0.1) is 6.92 Å². The van der Waals surface area contributed by atoms with Gasteiger partial charge in [0.2, 0.25) is 5.91 Å². The second kappa shape index (κ2) is 8.86. The van der Waals surface area contributed by atoms with Gasteiger partial charge in [-0.1, -0.05) is 36.4 Å². The summed E-state index contributed by atoms with van der Waals surface area (Å²) in [6, 6.07) is 16.5. The fourth-order valence-electron chi connectivity index (χ4n) is 3.58.